The highest BCUT2D eigenvalue weighted by Gasteiger charge is 2.40. The Hall–Kier alpha value is -3.69. The van der Waals surface area contributed by atoms with E-state index in [1.807, 2.05) is 0 Å². The molecule has 4 rings (SSSR count). The van der Waals surface area contributed by atoms with Crippen molar-refractivity contribution in [3.05, 3.63) is 97.8 Å². The van der Waals surface area contributed by atoms with Gasteiger partial charge in [0.2, 0.25) is 11.2 Å². The van der Waals surface area contributed by atoms with Gasteiger partial charge in [0.25, 0.3) is 5.76 Å². The molecule has 0 bridgehead atoms. The predicted octanol–water partition coefficient (Wildman–Crippen LogP) is 7.67. The minimum atomic E-state index is -5.05. The van der Waals surface area contributed by atoms with Gasteiger partial charge in [-0.15, -0.1) is 0 Å². The summed E-state index contributed by atoms with van der Waals surface area (Å²) in [6, 6.07) is 13.8. The number of halogens is 5. The summed E-state index contributed by atoms with van der Waals surface area (Å²) in [5.41, 5.74) is -0.740. The summed E-state index contributed by atoms with van der Waals surface area (Å²) in [4.78, 5) is 24.8. The highest BCUT2D eigenvalue weighted by molar-refractivity contribution is 6.35. The third-order valence-corrected chi connectivity index (χ3v) is 5.82. The Balaban J connectivity index is 1.67. The van der Waals surface area contributed by atoms with Crippen molar-refractivity contribution in [2.45, 2.75) is 19.7 Å². The third kappa shape index (κ3) is 5.84. The molecule has 0 aliphatic heterocycles. The number of hydrogen-bond donors (Lipinski definition) is 0. The number of ether oxygens (including phenoxy) is 3. The van der Waals surface area contributed by atoms with E-state index in [0.717, 1.165) is 6.07 Å². The number of benzene rings is 3. The van der Waals surface area contributed by atoms with Crippen molar-refractivity contribution in [1.82, 2.24) is 0 Å². The molecule has 1 aromatic heterocycles. The molecule has 0 radical (unpaired) electrons. The second-order valence-electron chi connectivity index (χ2n) is 7.58. The highest BCUT2D eigenvalue weighted by atomic mass is 35.5. The summed E-state index contributed by atoms with van der Waals surface area (Å²) in [6.45, 7) is 1.73. The molecule has 6 nitrogen and oxygen atoms in total. The zero-order valence-electron chi connectivity index (χ0n) is 19.0. The summed E-state index contributed by atoms with van der Waals surface area (Å²) in [5.74, 6) is -3.25. The molecule has 3 aromatic carbocycles. The first-order valence-corrected chi connectivity index (χ1v) is 11.5. The van der Waals surface area contributed by atoms with E-state index >= 15 is 0 Å². The zero-order valence-corrected chi connectivity index (χ0v) is 20.5. The molecule has 4 aromatic rings. The molecule has 0 fully saturated rings. The van der Waals surface area contributed by atoms with Crippen LogP contribution in [-0.2, 0) is 17.5 Å². The summed E-state index contributed by atoms with van der Waals surface area (Å²) in [6.07, 6.45) is -5.05. The molecular formula is C26H17Cl2F3O6. The van der Waals surface area contributed by atoms with Crippen LogP contribution in [0.5, 0.6) is 17.2 Å². The summed E-state index contributed by atoms with van der Waals surface area (Å²) in [7, 11) is 0. The van der Waals surface area contributed by atoms with Crippen molar-refractivity contribution in [2.24, 2.45) is 0 Å². The molecule has 0 atom stereocenters. The van der Waals surface area contributed by atoms with Gasteiger partial charge in [0.1, 0.15) is 23.7 Å². The minimum Gasteiger partial charge on any atom is -0.489 e. The van der Waals surface area contributed by atoms with Crippen LogP contribution >= 0.6 is 23.2 Å². The van der Waals surface area contributed by atoms with Gasteiger partial charge >= 0.3 is 12.1 Å². The van der Waals surface area contributed by atoms with Crippen LogP contribution in [0.15, 0.2) is 69.9 Å². The SMILES string of the molecule is CCOC(=O)c1ccc(Oc2c(C(F)(F)F)oc3cc(OCc4c(Cl)cccc4Cl)ccc3c2=O)cc1. The number of fused-ring (bicyclic) bond motifs is 1. The molecule has 0 saturated heterocycles. The Labute approximate surface area is 218 Å². The van der Waals surface area contributed by atoms with Gasteiger partial charge in [-0.3, -0.25) is 4.79 Å². The molecule has 0 amide bonds. The van der Waals surface area contributed by atoms with Gasteiger partial charge < -0.3 is 18.6 Å². The zero-order chi connectivity index (χ0) is 26.7. The van der Waals surface area contributed by atoms with Crippen molar-refractivity contribution in [3.8, 4) is 17.2 Å². The lowest BCUT2D eigenvalue weighted by Gasteiger charge is -2.14. The lowest BCUT2D eigenvalue weighted by atomic mass is 10.2. The van der Waals surface area contributed by atoms with Crippen molar-refractivity contribution >= 4 is 40.1 Å². The number of alkyl halides is 3. The van der Waals surface area contributed by atoms with Gasteiger partial charge in [-0.25, -0.2) is 4.79 Å². The smallest absolute Gasteiger partial charge is 0.453 e. The maximum Gasteiger partial charge on any atom is 0.453 e. The van der Waals surface area contributed by atoms with E-state index in [9.17, 15) is 22.8 Å². The van der Waals surface area contributed by atoms with Crippen LogP contribution in [0.2, 0.25) is 10.0 Å². The molecule has 0 spiro atoms. The van der Waals surface area contributed by atoms with Crippen LogP contribution in [0.4, 0.5) is 13.2 Å². The summed E-state index contributed by atoms with van der Waals surface area (Å²) < 4.78 is 62.4. The fourth-order valence-electron chi connectivity index (χ4n) is 3.34. The number of carbonyl (C=O) groups excluding carboxylic acids is 1. The second-order valence-corrected chi connectivity index (χ2v) is 8.40. The fourth-order valence-corrected chi connectivity index (χ4v) is 3.85. The number of esters is 1. The lowest BCUT2D eigenvalue weighted by Crippen LogP contribution is -2.15. The van der Waals surface area contributed by atoms with Crippen molar-refractivity contribution in [1.29, 1.82) is 0 Å². The molecular weight excluding hydrogens is 536 g/mol. The predicted molar refractivity (Wildman–Crippen MR) is 131 cm³/mol. The topological polar surface area (TPSA) is 75.0 Å². The average Bonchev–Trinajstić information content (AvgIpc) is 2.85. The van der Waals surface area contributed by atoms with Crippen LogP contribution < -0.4 is 14.9 Å². The van der Waals surface area contributed by atoms with Gasteiger partial charge in [-0.2, -0.15) is 13.2 Å². The number of carbonyl (C=O) groups is 1. The van der Waals surface area contributed by atoms with E-state index in [1.54, 1.807) is 25.1 Å². The highest BCUT2D eigenvalue weighted by Crippen LogP contribution is 2.39. The van der Waals surface area contributed by atoms with E-state index in [0.29, 0.717) is 15.6 Å². The Morgan fingerprint density at radius 3 is 2.24 bits per heavy atom. The van der Waals surface area contributed by atoms with Crippen LogP contribution in [0, 0.1) is 0 Å². The van der Waals surface area contributed by atoms with Crippen molar-refractivity contribution in [2.75, 3.05) is 6.61 Å². The van der Waals surface area contributed by atoms with Gasteiger partial charge in [-0.1, -0.05) is 29.3 Å². The quantitative estimate of drug-likeness (QED) is 0.219. The van der Waals surface area contributed by atoms with E-state index < -0.39 is 29.1 Å². The second kappa shape index (κ2) is 10.7. The van der Waals surface area contributed by atoms with Crippen molar-refractivity contribution in [3.63, 3.8) is 0 Å². The Kier molecular flexibility index (Phi) is 7.65. The van der Waals surface area contributed by atoms with Gasteiger partial charge in [0, 0.05) is 21.7 Å². The molecule has 0 saturated carbocycles. The number of hydrogen-bond acceptors (Lipinski definition) is 6. The van der Waals surface area contributed by atoms with Crippen LogP contribution in [-0.4, -0.2) is 12.6 Å². The molecule has 11 heteroatoms. The molecule has 37 heavy (non-hydrogen) atoms. The van der Waals surface area contributed by atoms with Gasteiger partial charge in [0.15, 0.2) is 0 Å². The summed E-state index contributed by atoms with van der Waals surface area (Å²) >= 11 is 12.2. The standard InChI is InChI=1S/C26H17Cl2F3O6/c1-2-34-25(33)14-6-8-15(9-7-14)36-23-22(32)17-11-10-16(12-21(17)37-24(23)26(29,30)31)35-13-18-19(27)4-3-5-20(18)28/h3-12H,2,13H2,1H3. The van der Waals surface area contributed by atoms with E-state index in [4.69, 9.17) is 41.8 Å². The first-order chi connectivity index (χ1) is 17.6. The Morgan fingerprint density at radius 1 is 0.973 bits per heavy atom. The Bertz CT molecular complexity index is 1490. The third-order valence-electron chi connectivity index (χ3n) is 5.11. The first-order valence-electron chi connectivity index (χ1n) is 10.8. The van der Waals surface area contributed by atoms with E-state index in [2.05, 4.69) is 0 Å². The first kappa shape index (κ1) is 26.4. The van der Waals surface area contributed by atoms with Crippen LogP contribution in [0.1, 0.15) is 28.6 Å². The Morgan fingerprint density at radius 2 is 1.62 bits per heavy atom. The maximum absolute atomic E-state index is 13.8. The average molecular weight is 553 g/mol. The van der Waals surface area contributed by atoms with Crippen LogP contribution in [0.25, 0.3) is 11.0 Å². The lowest BCUT2D eigenvalue weighted by molar-refractivity contribution is -0.154. The fraction of sp³-hybridized carbons (Fsp3) is 0.154. The summed E-state index contributed by atoms with van der Waals surface area (Å²) in [5, 5.41) is 0.557. The number of rotatable bonds is 7. The molecule has 1 heterocycles. The largest absolute Gasteiger partial charge is 0.489 e. The van der Waals surface area contributed by atoms with Crippen LogP contribution in [0.3, 0.4) is 0 Å². The molecule has 192 valence electrons. The van der Waals surface area contributed by atoms with Gasteiger partial charge in [0.05, 0.1) is 17.6 Å². The normalized spacial score (nSPS) is 11.4. The van der Waals surface area contributed by atoms with E-state index in [1.165, 1.54) is 36.4 Å². The van der Waals surface area contributed by atoms with E-state index in [-0.39, 0.29) is 41.2 Å². The molecule has 0 N–H and O–H groups in total. The molecule has 0 aliphatic carbocycles. The van der Waals surface area contributed by atoms with Crippen molar-refractivity contribution < 1.29 is 36.6 Å². The maximum atomic E-state index is 13.8. The minimum absolute atomic E-state index is 0.0661. The molecule has 0 aliphatic rings. The monoisotopic (exact) mass is 552 g/mol. The van der Waals surface area contributed by atoms with Gasteiger partial charge in [-0.05, 0) is 55.5 Å². The molecule has 0 unspecified atom stereocenters.